The van der Waals surface area contributed by atoms with E-state index in [0.717, 1.165) is 29.9 Å². The van der Waals surface area contributed by atoms with Gasteiger partial charge < -0.3 is 14.7 Å². The molecule has 1 aromatic carbocycles. The highest BCUT2D eigenvalue weighted by Crippen LogP contribution is 2.30. The Labute approximate surface area is 181 Å². The smallest absolute Gasteiger partial charge is 0.242 e. The van der Waals surface area contributed by atoms with Crippen LogP contribution in [0.2, 0.25) is 5.02 Å². The summed E-state index contributed by atoms with van der Waals surface area (Å²) in [6, 6.07) is 11.4. The molecule has 30 heavy (non-hydrogen) atoms. The fourth-order valence-electron chi connectivity index (χ4n) is 3.67. The highest BCUT2D eigenvalue weighted by Gasteiger charge is 2.29. The number of hydrogen-bond acceptors (Lipinski definition) is 5. The summed E-state index contributed by atoms with van der Waals surface area (Å²) >= 11 is 6.24. The number of piperazine rings is 1. The van der Waals surface area contributed by atoms with E-state index >= 15 is 0 Å². The second-order valence-electron chi connectivity index (χ2n) is 7.97. The second-order valence-corrected chi connectivity index (χ2v) is 8.37. The average Bonchev–Trinajstić information content (AvgIpc) is 3.58. The maximum absolute atomic E-state index is 12.7. The first-order chi connectivity index (χ1) is 14.5. The normalized spacial score (nSPS) is 16.5. The fraction of sp³-hybridized carbons (Fsp3) is 0.455. The Morgan fingerprint density at radius 3 is 2.40 bits per heavy atom. The van der Waals surface area contributed by atoms with Crippen LogP contribution in [0.15, 0.2) is 36.4 Å². The zero-order chi connectivity index (χ0) is 21.1. The van der Waals surface area contributed by atoms with Gasteiger partial charge in [-0.15, -0.1) is 10.2 Å². The maximum atomic E-state index is 12.7. The van der Waals surface area contributed by atoms with Crippen LogP contribution >= 0.6 is 11.6 Å². The van der Waals surface area contributed by atoms with E-state index in [-0.39, 0.29) is 18.4 Å². The molecule has 0 atom stereocenters. The van der Waals surface area contributed by atoms with Crippen molar-refractivity contribution in [3.63, 3.8) is 0 Å². The summed E-state index contributed by atoms with van der Waals surface area (Å²) in [6.07, 6.45) is 2.32. The molecular formula is C22H26ClN5O2. The third kappa shape index (κ3) is 4.90. The number of rotatable bonds is 6. The van der Waals surface area contributed by atoms with Crippen molar-refractivity contribution >= 4 is 29.2 Å². The van der Waals surface area contributed by atoms with Crippen LogP contribution in [0.25, 0.3) is 11.3 Å². The molecular weight excluding hydrogens is 402 g/mol. The molecule has 1 aliphatic carbocycles. The van der Waals surface area contributed by atoms with Crippen molar-refractivity contribution in [2.24, 2.45) is 5.92 Å². The average molecular weight is 428 g/mol. The fourth-order valence-corrected chi connectivity index (χ4v) is 3.90. The monoisotopic (exact) mass is 427 g/mol. The molecule has 0 bridgehead atoms. The van der Waals surface area contributed by atoms with Gasteiger partial charge >= 0.3 is 0 Å². The summed E-state index contributed by atoms with van der Waals surface area (Å²) in [4.78, 5) is 30.2. The zero-order valence-corrected chi connectivity index (χ0v) is 17.9. The molecule has 0 spiro atoms. The van der Waals surface area contributed by atoms with Gasteiger partial charge in [-0.25, -0.2) is 0 Å². The summed E-state index contributed by atoms with van der Waals surface area (Å²) in [6.45, 7) is 5.03. The van der Waals surface area contributed by atoms with Crippen molar-refractivity contribution in [2.75, 3.05) is 44.2 Å². The lowest BCUT2D eigenvalue weighted by atomic mass is 10.1. The van der Waals surface area contributed by atoms with Gasteiger partial charge in [0.25, 0.3) is 0 Å². The van der Waals surface area contributed by atoms with Crippen LogP contribution < -0.4 is 4.90 Å². The Morgan fingerprint density at radius 1 is 1.07 bits per heavy atom. The summed E-state index contributed by atoms with van der Waals surface area (Å²) in [5.74, 6) is 1.36. The van der Waals surface area contributed by atoms with Crippen molar-refractivity contribution < 1.29 is 9.59 Å². The first kappa shape index (κ1) is 20.6. The topological polar surface area (TPSA) is 69.6 Å². The summed E-state index contributed by atoms with van der Waals surface area (Å²) in [7, 11) is 0. The Kier molecular flexibility index (Phi) is 6.18. The number of hydrogen-bond donors (Lipinski definition) is 0. The molecule has 0 unspecified atom stereocenters. The van der Waals surface area contributed by atoms with Gasteiger partial charge in [-0.3, -0.25) is 9.59 Å². The standard InChI is InChI=1S/C22H26ClN5O2/c1-16(29)28(14-17-6-7-17)15-22(30)27-12-10-26(11-13-27)21-9-8-20(24-25-21)18-4-2-3-5-19(18)23/h2-5,8-9,17H,6-7,10-15H2,1H3. The van der Waals surface area contributed by atoms with Gasteiger partial charge in [0, 0.05) is 45.2 Å². The first-order valence-electron chi connectivity index (χ1n) is 10.4. The Bertz CT molecular complexity index is 908. The van der Waals surface area contributed by atoms with Crippen LogP contribution in [0.1, 0.15) is 19.8 Å². The Hall–Kier alpha value is -2.67. The van der Waals surface area contributed by atoms with Gasteiger partial charge in [0.05, 0.1) is 17.3 Å². The van der Waals surface area contributed by atoms with Gasteiger partial charge in [0.1, 0.15) is 0 Å². The molecule has 2 heterocycles. The number of carbonyl (C=O) groups is 2. The van der Waals surface area contributed by atoms with E-state index in [0.29, 0.717) is 43.7 Å². The third-order valence-corrected chi connectivity index (χ3v) is 6.03. The number of anilines is 1. The number of benzene rings is 1. The minimum absolute atomic E-state index is 0.0191. The lowest BCUT2D eigenvalue weighted by molar-refractivity contribution is -0.139. The molecule has 8 heteroatoms. The molecule has 2 aromatic rings. The Morgan fingerprint density at radius 2 is 1.80 bits per heavy atom. The lowest BCUT2D eigenvalue weighted by Gasteiger charge is -2.36. The van der Waals surface area contributed by atoms with Crippen LogP contribution in [-0.2, 0) is 9.59 Å². The quantitative estimate of drug-likeness (QED) is 0.708. The molecule has 158 valence electrons. The second kappa shape index (κ2) is 9.00. The zero-order valence-electron chi connectivity index (χ0n) is 17.1. The van der Waals surface area contributed by atoms with Crippen molar-refractivity contribution in [1.29, 1.82) is 0 Å². The predicted molar refractivity (Wildman–Crippen MR) is 116 cm³/mol. The SMILES string of the molecule is CC(=O)N(CC(=O)N1CCN(c2ccc(-c3ccccc3Cl)nn2)CC1)CC1CC1. The largest absolute Gasteiger partial charge is 0.352 e. The van der Waals surface area contributed by atoms with Gasteiger partial charge in [-0.1, -0.05) is 29.8 Å². The van der Waals surface area contributed by atoms with Crippen LogP contribution in [0, 0.1) is 5.92 Å². The molecule has 2 fully saturated rings. The Balaban J connectivity index is 1.32. The number of amides is 2. The van der Waals surface area contributed by atoms with E-state index in [1.54, 1.807) is 11.8 Å². The highest BCUT2D eigenvalue weighted by atomic mass is 35.5. The number of carbonyl (C=O) groups excluding carboxylic acids is 2. The van der Waals surface area contributed by atoms with E-state index in [1.807, 2.05) is 41.3 Å². The highest BCUT2D eigenvalue weighted by molar-refractivity contribution is 6.33. The molecule has 1 aromatic heterocycles. The summed E-state index contributed by atoms with van der Waals surface area (Å²) < 4.78 is 0. The van der Waals surface area contributed by atoms with Crippen LogP contribution in [0.3, 0.4) is 0 Å². The van der Waals surface area contributed by atoms with Gasteiger partial charge in [-0.05, 0) is 37.0 Å². The molecule has 0 N–H and O–H groups in total. The summed E-state index contributed by atoms with van der Waals surface area (Å²) in [5.41, 5.74) is 1.59. The number of nitrogens with zero attached hydrogens (tertiary/aromatic N) is 5. The van der Waals surface area contributed by atoms with Crippen LogP contribution in [-0.4, -0.2) is 71.1 Å². The van der Waals surface area contributed by atoms with Gasteiger partial charge in [-0.2, -0.15) is 0 Å². The van der Waals surface area contributed by atoms with E-state index in [4.69, 9.17) is 11.6 Å². The van der Waals surface area contributed by atoms with Gasteiger partial charge in [0.15, 0.2) is 5.82 Å². The van der Waals surface area contributed by atoms with Crippen molar-refractivity contribution in [2.45, 2.75) is 19.8 Å². The summed E-state index contributed by atoms with van der Waals surface area (Å²) in [5, 5.41) is 9.34. The molecule has 2 amide bonds. The van der Waals surface area contributed by atoms with E-state index in [9.17, 15) is 9.59 Å². The lowest BCUT2D eigenvalue weighted by Crippen LogP contribution is -2.52. The molecule has 2 aliphatic rings. The number of halogens is 1. The molecule has 4 rings (SSSR count). The third-order valence-electron chi connectivity index (χ3n) is 5.70. The van der Waals surface area contributed by atoms with E-state index in [1.165, 1.54) is 0 Å². The first-order valence-corrected chi connectivity index (χ1v) is 10.8. The minimum atomic E-state index is -0.0252. The van der Waals surface area contributed by atoms with E-state index < -0.39 is 0 Å². The molecule has 1 saturated heterocycles. The molecule has 7 nitrogen and oxygen atoms in total. The van der Waals surface area contributed by atoms with Crippen molar-refractivity contribution in [1.82, 2.24) is 20.0 Å². The molecule has 1 saturated carbocycles. The molecule has 0 radical (unpaired) electrons. The predicted octanol–water partition coefficient (Wildman–Crippen LogP) is 2.70. The van der Waals surface area contributed by atoms with Gasteiger partial charge in [0.2, 0.25) is 11.8 Å². The van der Waals surface area contributed by atoms with Crippen molar-refractivity contribution in [3.05, 3.63) is 41.4 Å². The number of aromatic nitrogens is 2. The minimum Gasteiger partial charge on any atom is -0.352 e. The van der Waals surface area contributed by atoms with Crippen LogP contribution in [0.4, 0.5) is 5.82 Å². The van der Waals surface area contributed by atoms with Crippen LogP contribution in [0.5, 0.6) is 0 Å². The molecule has 1 aliphatic heterocycles. The van der Waals surface area contributed by atoms with Crippen molar-refractivity contribution in [3.8, 4) is 11.3 Å². The van der Waals surface area contributed by atoms with E-state index in [2.05, 4.69) is 15.1 Å². The maximum Gasteiger partial charge on any atom is 0.242 e.